The molecule has 1 saturated heterocycles. The van der Waals surface area contributed by atoms with Crippen LogP contribution in [0.15, 0.2) is 24.3 Å². The summed E-state index contributed by atoms with van der Waals surface area (Å²) >= 11 is 1.84. The van der Waals surface area contributed by atoms with Crippen LogP contribution in [0.25, 0.3) is 0 Å². The van der Waals surface area contributed by atoms with Gasteiger partial charge in [-0.25, -0.2) is 0 Å². The Bertz CT molecular complexity index is 337. The van der Waals surface area contributed by atoms with Crippen LogP contribution in [0.4, 0.5) is 0 Å². The van der Waals surface area contributed by atoms with E-state index in [-0.39, 0.29) is 0 Å². The van der Waals surface area contributed by atoms with Crippen molar-refractivity contribution in [2.24, 2.45) is 5.92 Å². The summed E-state index contributed by atoms with van der Waals surface area (Å²) in [5, 5.41) is 10.6. The molecule has 0 radical (unpaired) electrons. The van der Waals surface area contributed by atoms with Crippen LogP contribution in [0.1, 0.15) is 18.1 Å². The molecule has 1 fully saturated rings. The van der Waals surface area contributed by atoms with Crippen molar-refractivity contribution in [1.29, 1.82) is 0 Å². The fourth-order valence-corrected chi connectivity index (χ4v) is 3.57. The Balaban J connectivity index is 2.43. The minimum absolute atomic E-state index is 0.355. The van der Waals surface area contributed by atoms with E-state index in [0.717, 1.165) is 17.1 Å². The van der Waals surface area contributed by atoms with E-state index in [1.54, 1.807) is 0 Å². The molecular weight excluding hydrogens is 192 g/mol. The quantitative estimate of drug-likeness (QED) is 0.765. The third-order valence-electron chi connectivity index (χ3n) is 3.12. The molecule has 76 valence electrons. The molecule has 2 atom stereocenters. The molecule has 0 spiro atoms. The molecule has 1 aromatic carbocycles. The Labute approximate surface area is 89.5 Å². The first kappa shape index (κ1) is 10.1. The first-order chi connectivity index (χ1) is 6.64. The molecule has 1 nitrogen and oxygen atoms in total. The zero-order valence-electron chi connectivity index (χ0n) is 8.66. The van der Waals surface area contributed by atoms with Crippen LogP contribution in [0, 0.1) is 12.8 Å². The summed E-state index contributed by atoms with van der Waals surface area (Å²) in [7, 11) is 0. The van der Waals surface area contributed by atoms with E-state index in [1.807, 2.05) is 23.9 Å². The molecule has 1 N–H and O–H groups in total. The summed E-state index contributed by atoms with van der Waals surface area (Å²) in [6.45, 7) is 4.20. The average Bonchev–Trinajstić information content (AvgIpc) is 2.49. The SMILES string of the molecule is Cc1ccccc1[C@]1(O)CSC[C@@H]1C. The van der Waals surface area contributed by atoms with Crippen molar-refractivity contribution < 1.29 is 5.11 Å². The molecule has 2 rings (SSSR count). The van der Waals surface area contributed by atoms with E-state index >= 15 is 0 Å². The lowest BCUT2D eigenvalue weighted by molar-refractivity contribution is 0.0229. The lowest BCUT2D eigenvalue weighted by Gasteiger charge is -2.28. The van der Waals surface area contributed by atoms with Crippen LogP contribution in [0.5, 0.6) is 0 Å². The summed E-state index contributed by atoms with van der Waals surface area (Å²) in [6, 6.07) is 8.16. The van der Waals surface area contributed by atoms with Crippen LogP contribution in [0.2, 0.25) is 0 Å². The van der Waals surface area contributed by atoms with Gasteiger partial charge in [-0.15, -0.1) is 0 Å². The maximum atomic E-state index is 10.6. The summed E-state index contributed by atoms with van der Waals surface area (Å²) in [6.07, 6.45) is 0. The van der Waals surface area contributed by atoms with Crippen LogP contribution < -0.4 is 0 Å². The van der Waals surface area contributed by atoms with Crippen molar-refractivity contribution >= 4 is 11.8 Å². The minimum Gasteiger partial charge on any atom is -0.384 e. The van der Waals surface area contributed by atoms with E-state index in [2.05, 4.69) is 26.0 Å². The van der Waals surface area contributed by atoms with Crippen molar-refractivity contribution in [3.05, 3.63) is 35.4 Å². The number of aryl methyl sites for hydroxylation is 1. The lowest BCUT2D eigenvalue weighted by atomic mass is 9.83. The highest BCUT2D eigenvalue weighted by Crippen LogP contribution is 2.42. The van der Waals surface area contributed by atoms with Gasteiger partial charge in [0.15, 0.2) is 0 Å². The van der Waals surface area contributed by atoms with Gasteiger partial charge in [-0.1, -0.05) is 31.2 Å². The number of aliphatic hydroxyl groups is 1. The van der Waals surface area contributed by atoms with E-state index in [4.69, 9.17) is 0 Å². The Kier molecular flexibility index (Phi) is 2.58. The minimum atomic E-state index is -0.601. The van der Waals surface area contributed by atoms with Crippen LogP contribution in [-0.2, 0) is 5.60 Å². The molecule has 2 heteroatoms. The van der Waals surface area contributed by atoms with Gasteiger partial charge in [0.1, 0.15) is 5.60 Å². The summed E-state index contributed by atoms with van der Waals surface area (Å²) in [4.78, 5) is 0. The molecule has 14 heavy (non-hydrogen) atoms. The van der Waals surface area contributed by atoms with Crippen molar-refractivity contribution in [3.63, 3.8) is 0 Å². The molecule has 0 aliphatic carbocycles. The Hall–Kier alpha value is -0.470. The lowest BCUT2D eigenvalue weighted by Crippen LogP contribution is -2.33. The monoisotopic (exact) mass is 208 g/mol. The molecule has 1 aromatic rings. The van der Waals surface area contributed by atoms with Gasteiger partial charge in [0.05, 0.1) is 0 Å². The fourth-order valence-electron chi connectivity index (χ4n) is 2.07. The second kappa shape index (κ2) is 3.59. The van der Waals surface area contributed by atoms with Gasteiger partial charge in [-0.2, -0.15) is 11.8 Å². The summed E-state index contributed by atoms with van der Waals surface area (Å²) < 4.78 is 0. The Morgan fingerprint density at radius 1 is 1.43 bits per heavy atom. The second-order valence-corrected chi connectivity index (χ2v) is 5.19. The number of hydrogen-bond acceptors (Lipinski definition) is 2. The highest BCUT2D eigenvalue weighted by atomic mass is 32.2. The molecule has 0 unspecified atom stereocenters. The highest BCUT2D eigenvalue weighted by Gasteiger charge is 2.40. The van der Waals surface area contributed by atoms with Crippen molar-refractivity contribution in [2.45, 2.75) is 19.4 Å². The molecule has 0 amide bonds. The zero-order chi connectivity index (χ0) is 10.2. The number of rotatable bonds is 1. The van der Waals surface area contributed by atoms with Crippen molar-refractivity contribution in [3.8, 4) is 0 Å². The van der Waals surface area contributed by atoms with E-state index in [1.165, 1.54) is 5.56 Å². The van der Waals surface area contributed by atoms with Gasteiger partial charge < -0.3 is 5.11 Å². The summed E-state index contributed by atoms with van der Waals surface area (Å²) in [5.41, 5.74) is 1.71. The fraction of sp³-hybridized carbons (Fsp3) is 0.500. The number of benzene rings is 1. The molecule has 0 aromatic heterocycles. The maximum absolute atomic E-state index is 10.6. The normalized spacial score (nSPS) is 32.1. The second-order valence-electron chi connectivity index (χ2n) is 4.16. The number of thioether (sulfide) groups is 1. The van der Waals surface area contributed by atoms with E-state index < -0.39 is 5.60 Å². The van der Waals surface area contributed by atoms with Crippen LogP contribution in [0.3, 0.4) is 0 Å². The van der Waals surface area contributed by atoms with Crippen LogP contribution in [-0.4, -0.2) is 16.6 Å². The number of hydrogen-bond donors (Lipinski definition) is 1. The molecule has 1 aliphatic heterocycles. The topological polar surface area (TPSA) is 20.2 Å². The first-order valence-electron chi connectivity index (χ1n) is 5.01. The Morgan fingerprint density at radius 3 is 2.71 bits per heavy atom. The average molecular weight is 208 g/mol. The van der Waals surface area contributed by atoms with Crippen molar-refractivity contribution in [1.82, 2.24) is 0 Å². The smallest absolute Gasteiger partial charge is 0.102 e. The summed E-state index contributed by atoms with van der Waals surface area (Å²) in [5.74, 6) is 2.25. The van der Waals surface area contributed by atoms with E-state index in [9.17, 15) is 5.11 Å². The van der Waals surface area contributed by atoms with Crippen LogP contribution >= 0.6 is 11.8 Å². The predicted octanol–water partition coefficient (Wildman–Crippen LogP) is 2.57. The van der Waals surface area contributed by atoms with Gasteiger partial charge in [0.2, 0.25) is 0 Å². The molecule has 1 aliphatic rings. The standard InChI is InChI=1S/C12H16OS/c1-9-5-3-4-6-11(9)12(13)8-14-7-10(12)2/h3-6,10,13H,7-8H2,1-2H3/t10-,12-/m0/s1. The Morgan fingerprint density at radius 2 is 2.14 bits per heavy atom. The molecule has 0 bridgehead atoms. The molecular formula is C12H16OS. The van der Waals surface area contributed by atoms with Gasteiger partial charge in [0, 0.05) is 5.75 Å². The molecule has 1 heterocycles. The predicted molar refractivity (Wildman–Crippen MR) is 61.6 cm³/mol. The molecule has 0 saturated carbocycles. The third kappa shape index (κ3) is 1.47. The van der Waals surface area contributed by atoms with Gasteiger partial charge >= 0.3 is 0 Å². The zero-order valence-corrected chi connectivity index (χ0v) is 9.47. The van der Waals surface area contributed by atoms with E-state index in [0.29, 0.717) is 5.92 Å². The van der Waals surface area contributed by atoms with Gasteiger partial charge in [-0.05, 0) is 29.7 Å². The van der Waals surface area contributed by atoms with Gasteiger partial charge in [-0.3, -0.25) is 0 Å². The first-order valence-corrected chi connectivity index (χ1v) is 6.16. The third-order valence-corrected chi connectivity index (χ3v) is 4.50. The highest BCUT2D eigenvalue weighted by molar-refractivity contribution is 7.99. The van der Waals surface area contributed by atoms with Gasteiger partial charge in [0.25, 0.3) is 0 Å². The maximum Gasteiger partial charge on any atom is 0.102 e. The van der Waals surface area contributed by atoms with Crippen molar-refractivity contribution in [2.75, 3.05) is 11.5 Å². The largest absolute Gasteiger partial charge is 0.384 e.